The molecule has 2 heterocycles. The molecule has 2 N–H and O–H groups in total. The Morgan fingerprint density at radius 2 is 1.70 bits per heavy atom. The molecule has 13 atom stereocenters. The van der Waals surface area contributed by atoms with Gasteiger partial charge in [0.15, 0.2) is 5.79 Å². The highest BCUT2D eigenvalue weighted by molar-refractivity contribution is 5.16. The fourth-order valence-electron chi connectivity index (χ4n) is 10.6. The second-order valence-electron chi connectivity index (χ2n) is 13.8. The van der Waals surface area contributed by atoms with Crippen molar-refractivity contribution >= 4 is 0 Å². The van der Waals surface area contributed by atoms with Crippen molar-refractivity contribution in [2.75, 3.05) is 13.7 Å². The molecule has 6 aliphatic rings. The highest BCUT2D eigenvalue weighted by Gasteiger charge is 2.71. The third kappa shape index (κ3) is 3.08. The largest absolute Gasteiger partial charge is 0.388 e. The Kier molecular flexibility index (Phi) is 5.21. The number of hydrogen-bond donors (Lipinski definition) is 2. The van der Waals surface area contributed by atoms with Gasteiger partial charge >= 0.3 is 0 Å². The predicted octanol–water partition coefficient (Wildman–Crippen LogP) is 4.53. The lowest BCUT2D eigenvalue weighted by Crippen LogP contribution is -2.60. The molecule has 5 nitrogen and oxygen atoms in total. The van der Waals surface area contributed by atoms with Crippen molar-refractivity contribution in [2.45, 2.75) is 115 Å². The molecule has 4 aliphatic carbocycles. The van der Waals surface area contributed by atoms with Gasteiger partial charge in [0.25, 0.3) is 0 Å². The lowest BCUT2D eigenvalue weighted by atomic mass is 9.44. The first-order chi connectivity index (χ1) is 15.5. The van der Waals surface area contributed by atoms with Gasteiger partial charge in [-0.2, -0.15) is 0 Å². The van der Waals surface area contributed by atoms with Gasteiger partial charge in [0, 0.05) is 19.4 Å². The predicted molar refractivity (Wildman–Crippen MR) is 125 cm³/mol. The molecule has 0 amide bonds. The summed E-state index contributed by atoms with van der Waals surface area (Å²) in [6.45, 7) is 9.39. The van der Waals surface area contributed by atoms with Crippen LogP contribution >= 0.6 is 0 Å². The third-order valence-corrected chi connectivity index (χ3v) is 12.3. The summed E-state index contributed by atoms with van der Waals surface area (Å²) in [5, 5.41) is 21.5. The van der Waals surface area contributed by atoms with E-state index in [0.717, 1.165) is 24.2 Å². The average molecular weight is 463 g/mol. The average Bonchev–Trinajstić information content (AvgIpc) is 3.22. The molecule has 6 rings (SSSR count). The summed E-state index contributed by atoms with van der Waals surface area (Å²) in [6, 6.07) is 0. The lowest BCUT2D eigenvalue weighted by molar-refractivity contribution is -0.335. The molecule has 33 heavy (non-hydrogen) atoms. The summed E-state index contributed by atoms with van der Waals surface area (Å²) in [5.74, 6) is 2.80. The van der Waals surface area contributed by atoms with E-state index in [9.17, 15) is 10.2 Å². The monoisotopic (exact) mass is 462 g/mol. The molecule has 2 aliphatic heterocycles. The van der Waals surface area contributed by atoms with Crippen LogP contribution in [0.1, 0.15) is 85.5 Å². The smallest absolute Gasteiger partial charge is 0.197 e. The van der Waals surface area contributed by atoms with Crippen LogP contribution in [0.15, 0.2) is 0 Å². The molecular weight excluding hydrogens is 416 g/mol. The fourth-order valence-corrected chi connectivity index (χ4v) is 10.6. The van der Waals surface area contributed by atoms with Crippen molar-refractivity contribution in [1.82, 2.24) is 0 Å². The molecule has 0 aromatic rings. The van der Waals surface area contributed by atoms with Crippen LogP contribution in [0.2, 0.25) is 0 Å². The molecule has 188 valence electrons. The van der Waals surface area contributed by atoms with Crippen LogP contribution in [-0.2, 0) is 14.2 Å². The van der Waals surface area contributed by atoms with Crippen LogP contribution in [0.4, 0.5) is 0 Å². The minimum atomic E-state index is -0.980. The van der Waals surface area contributed by atoms with Crippen molar-refractivity contribution in [3.05, 3.63) is 0 Å². The normalized spacial score (nSPS) is 62.5. The number of ether oxygens (including phenoxy) is 3. The summed E-state index contributed by atoms with van der Waals surface area (Å²) in [7, 11) is 1.89. The van der Waals surface area contributed by atoms with Crippen LogP contribution in [0.5, 0.6) is 0 Å². The van der Waals surface area contributed by atoms with Gasteiger partial charge in [0.1, 0.15) is 6.10 Å². The molecule has 2 saturated heterocycles. The van der Waals surface area contributed by atoms with E-state index in [-0.39, 0.29) is 24.0 Å². The Balaban J connectivity index is 1.25. The van der Waals surface area contributed by atoms with Gasteiger partial charge in [0.2, 0.25) is 0 Å². The number of hydrogen-bond acceptors (Lipinski definition) is 5. The molecular formula is C28H46O5. The van der Waals surface area contributed by atoms with Crippen molar-refractivity contribution in [3.8, 4) is 0 Å². The molecule has 6 fully saturated rings. The van der Waals surface area contributed by atoms with Crippen molar-refractivity contribution < 1.29 is 24.4 Å². The third-order valence-electron chi connectivity index (χ3n) is 12.3. The fraction of sp³-hybridized carbons (Fsp3) is 1.00. The number of aliphatic hydroxyl groups excluding tert-OH is 1. The molecule has 0 bridgehead atoms. The Hall–Kier alpha value is -0.200. The standard InChI is InChI=1S/C28H46O5/c1-16-24-22(33-28(16)23(29)14-25(2,30)15-32-28)13-21-19-7-6-17-12-18(31-5)8-10-26(17,3)20(19)9-11-27(21,24)4/h16-24,29-30H,6-15H2,1-5H3/t16-,17-,18-,19+,20-,21-,22-,23-,24-,25-,26-,27-,28-/m0/s1. The molecule has 0 radical (unpaired) electrons. The van der Waals surface area contributed by atoms with Crippen LogP contribution in [0.3, 0.4) is 0 Å². The van der Waals surface area contributed by atoms with Crippen LogP contribution < -0.4 is 0 Å². The Bertz CT molecular complexity index is 784. The number of rotatable bonds is 1. The van der Waals surface area contributed by atoms with Crippen LogP contribution in [0, 0.1) is 46.3 Å². The van der Waals surface area contributed by atoms with Gasteiger partial charge in [-0.05, 0) is 98.7 Å². The maximum absolute atomic E-state index is 11.1. The SMILES string of the molecule is CO[C@H]1CC[C@@]2(C)[C@@H](CC[C@@H]3[C@@H]2CC[C@]2(C)[C@@H]4[C@H](C[C@@H]32)O[C@@]2(OC[C@@](C)(O)C[C@@H]2O)[C@H]4C)C1. The topological polar surface area (TPSA) is 68.2 Å². The highest BCUT2D eigenvalue weighted by atomic mass is 16.7. The van der Waals surface area contributed by atoms with Gasteiger partial charge in [0.05, 0.1) is 24.4 Å². The maximum Gasteiger partial charge on any atom is 0.197 e. The number of methoxy groups -OCH3 is 1. The summed E-state index contributed by atoms with van der Waals surface area (Å²) >= 11 is 0. The molecule has 5 heteroatoms. The van der Waals surface area contributed by atoms with E-state index in [1.54, 1.807) is 6.92 Å². The van der Waals surface area contributed by atoms with Crippen molar-refractivity contribution in [2.24, 2.45) is 46.3 Å². The zero-order chi connectivity index (χ0) is 23.4. The maximum atomic E-state index is 11.1. The lowest BCUT2D eigenvalue weighted by Gasteiger charge is -2.61. The quantitative estimate of drug-likeness (QED) is 0.599. The van der Waals surface area contributed by atoms with Gasteiger partial charge < -0.3 is 24.4 Å². The Morgan fingerprint density at radius 3 is 2.42 bits per heavy atom. The second kappa shape index (κ2) is 7.41. The van der Waals surface area contributed by atoms with E-state index < -0.39 is 17.5 Å². The van der Waals surface area contributed by atoms with E-state index in [0.29, 0.717) is 29.8 Å². The van der Waals surface area contributed by atoms with Crippen LogP contribution in [-0.4, -0.2) is 53.6 Å². The minimum Gasteiger partial charge on any atom is -0.388 e. The molecule has 0 aromatic heterocycles. The van der Waals surface area contributed by atoms with E-state index >= 15 is 0 Å². The van der Waals surface area contributed by atoms with Crippen LogP contribution in [0.25, 0.3) is 0 Å². The van der Waals surface area contributed by atoms with E-state index in [1.807, 2.05) is 7.11 Å². The number of fused-ring (bicyclic) bond motifs is 7. The van der Waals surface area contributed by atoms with Gasteiger partial charge in [-0.15, -0.1) is 0 Å². The first-order valence-electron chi connectivity index (χ1n) is 13.8. The summed E-state index contributed by atoms with van der Waals surface area (Å²) < 4.78 is 18.7. The van der Waals surface area contributed by atoms with Gasteiger partial charge in [-0.25, -0.2) is 0 Å². The first kappa shape index (κ1) is 23.2. The van der Waals surface area contributed by atoms with Gasteiger partial charge in [-0.3, -0.25) is 0 Å². The second-order valence-corrected chi connectivity index (χ2v) is 13.8. The minimum absolute atomic E-state index is 0.143. The summed E-state index contributed by atoms with van der Waals surface area (Å²) in [4.78, 5) is 0. The van der Waals surface area contributed by atoms with E-state index in [4.69, 9.17) is 14.2 Å². The molecule has 4 saturated carbocycles. The highest BCUT2D eigenvalue weighted by Crippen LogP contribution is 2.71. The summed E-state index contributed by atoms with van der Waals surface area (Å²) in [6.07, 6.45) is 10.4. The first-order valence-corrected chi connectivity index (χ1v) is 13.8. The Morgan fingerprint density at radius 1 is 0.939 bits per heavy atom. The Labute approximate surface area is 199 Å². The zero-order valence-electron chi connectivity index (χ0n) is 21.4. The molecule has 1 spiro atoms. The van der Waals surface area contributed by atoms with Crippen molar-refractivity contribution in [3.63, 3.8) is 0 Å². The van der Waals surface area contributed by atoms with E-state index in [1.165, 1.54) is 44.9 Å². The zero-order valence-corrected chi connectivity index (χ0v) is 21.4. The van der Waals surface area contributed by atoms with Gasteiger partial charge in [-0.1, -0.05) is 20.8 Å². The molecule has 0 aromatic carbocycles. The summed E-state index contributed by atoms with van der Waals surface area (Å²) in [5.41, 5.74) is -0.254. The molecule has 0 unspecified atom stereocenters. The van der Waals surface area contributed by atoms with Crippen molar-refractivity contribution in [1.29, 1.82) is 0 Å². The number of aliphatic hydroxyl groups is 2. The van der Waals surface area contributed by atoms with E-state index in [2.05, 4.69) is 20.8 Å².